The number of morpholine rings is 1. The van der Waals surface area contributed by atoms with Crippen molar-refractivity contribution in [1.82, 2.24) is 15.5 Å². The summed E-state index contributed by atoms with van der Waals surface area (Å²) >= 11 is 0. The molecule has 1 fully saturated rings. The maximum Gasteiger partial charge on any atom is 0.191 e. The summed E-state index contributed by atoms with van der Waals surface area (Å²) in [6.45, 7) is 12.3. The first-order valence-corrected chi connectivity index (χ1v) is 12.3. The van der Waals surface area contributed by atoms with E-state index >= 15 is 0 Å². The van der Waals surface area contributed by atoms with Crippen LogP contribution in [0.3, 0.4) is 0 Å². The number of nitrogens with zero attached hydrogens (tertiary/aromatic N) is 2. The number of guanidine groups is 1. The van der Waals surface area contributed by atoms with E-state index in [-0.39, 0.29) is 24.0 Å². The number of halogens is 1. The van der Waals surface area contributed by atoms with Crippen molar-refractivity contribution in [2.75, 3.05) is 52.2 Å². The number of benzene rings is 1. The fourth-order valence-electron chi connectivity index (χ4n) is 3.41. The first-order chi connectivity index (χ1) is 13.8. The Morgan fingerprint density at radius 3 is 2.33 bits per heavy atom. The van der Waals surface area contributed by atoms with Crippen LogP contribution in [0.4, 0.5) is 0 Å². The van der Waals surface area contributed by atoms with Crippen LogP contribution in [0.2, 0.25) is 0 Å². The van der Waals surface area contributed by atoms with Gasteiger partial charge in [0.25, 0.3) is 0 Å². The van der Waals surface area contributed by atoms with Gasteiger partial charge in [-0.1, -0.05) is 26.0 Å². The molecular weight excluding hydrogens is 515 g/mol. The summed E-state index contributed by atoms with van der Waals surface area (Å²) in [5, 5.41) is 6.70. The molecule has 1 unspecified atom stereocenters. The maximum absolute atomic E-state index is 11.6. The Labute approximate surface area is 199 Å². The lowest BCUT2D eigenvalue weighted by atomic mass is 10.0. The van der Waals surface area contributed by atoms with Gasteiger partial charge in [-0.3, -0.25) is 9.89 Å². The molecule has 0 amide bonds. The minimum absolute atomic E-state index is 0. The fourth-order valence-corrected chi connectivity index (χ4v) is 4.04. The van der Waals surface area contributed by atoms with Gasteiger partial charge in [-0.05, 0) is 37.0 Å². The van der Waals surface area contributed by atoms with Crippen LogP contribution in [0.5, 0.6) is 0 Å². The van der Waals surface area contributed by atoms with Crippen molar-refractivity contribution < 1.29 is 13.2 Å². The monoisotopic (exact) mass is 552 g/mol. The molecule has 172 valence electrons. The molecule has 1 aromatic rings. The van der Waals surface area contributed by atoms with E-state index in [0.717, 1.165) is 63.9 Å². The lowest BCUT2D eigenvalue weighted by Gasteiger charge is -2.36. The number of ether oxygens (including phenoxy) is 1. The number of sulfone groups is 1. The molecule has 30 heavy (non-hydrogen) atoms. The van der Waals surface area contributed by atoms with Crippen molar-refractivity contribution in [1.29, 1.82) is 0 Å². The third kappa shape index (κ3) is 9.07. The van der Waals surface area contributed by atoms with Crippen LogP contribution in [0.15, 0.2) is 34.2 Å². The highest BCUT2D eigenvalue weighted by Crippen LogP contribution is 2.13. The zero-order chi connectivity index (χ0) is 21.3. The number of rotatable bonds is 9. The summed E-state index contributed by atoms with van der Waals surface area (Å²) in [7, 11) is -3.15. The third-order valence-electron chi connectivity index (χ3n) is 5.12. The Hall–Kier alpha value is -0.910. The van der Waals surface area contributed by atoms with Gasteiger partial charge < -0.3 is 15.4 Å². The summed E-state index contributed by atoms with van der Waals surface area (Å²) in [5.41, 5.74) is 1.09. The first kappa shape index (κ1) is 27.1. The van der Waals surface area contributed by atoms with Crippen molar-refractivity contribution in [2.24, 2.45) is 10.9 Å². The van der Waals surface area contributed by atoms with Gasteiger partial charge in [0.05, 0.1) is 24.7 Å². The van der Waals surface area contributed by atoms with E-state index in [1.165, 1.54) is 6.26 Å². The van der Waals surface area contributed by atoms with Gasteiger partial charge in [0.15, 0.2) is 15.8 Å². The number of hydrogen-bond acceptors (Lipinski definition) is 5. The molecule has 0 bridgehead atoms. The Morgan fingerprint density at radius 2 is 1.80 bits per heavy atom. The second-order valence-corrected chi connectivity index (χ2v) is 9.79. The highest BCUT2D eigenvalue weighted by molar-refractivity contribution is 14.0. The highest BCUT2D eigenvalue weighted by atomic mass is 127. The van der Waals surface area contributed by atoms with Crippen molar-refractivity contribution in [3.05, 3.63) is 29.8 Å². The zero-order valence-corrected chi connectivity index (χ0v) is 21.7. The van der Waals surface area contributed by atoms with E-state index in [1.807, 2.05) is 12.1 Å². The molecule has 9 heteroatoms. The Morgan fingerprint density at radius 1 is 1.17 bits per heavy atom. The first-order valence-electron chi connectivity index (χ1n) is 10.4. The van der Waals surface area contributed by atoms with Gasteiger partial charge in [0.1, 0.15) is 0 Å². The number of aliphatic imine (C=N–C) groups is 1. The van der Waals surface area contributed by atoms with E-state index in [1.54, 1.807) is 12.1 Å². The second kappa shape index (κ2) is 13.5. The third-order valence-corrected chi connectivity index (χ3v) is 6.25. The normalized spacial score (nSPS) is 16.8. The highest BCUT2D eigenvalue weighted by Gasteiger charge is 2.23. The smallest absolute Gasteiger partial charge is 0.191 e. The summed E-state index contributed by atoms with van der Waals surface area (Å²) in [6, 6.07) is 7.47. The average molecular weight is 553 g/mol. The van der Waals surface area contributed by atoms with Crippen LogP contribution >= 0.6 is 24.0 Å². The molecule has 0 spiro atoms. The van der Waals surface area contributed by atoms with Crippen LogP contribution in [0.1, 0.15) is 26.3 Å². The van der Waals surface area contributed by atoms with Gasteiger partial charge >= 0.3 is 0 Å². The van der Waals surface area contributed by atoms with Gasteiger partial charge in [-0.25, -0.2) is 8.42 Å². The summed E-state index contributed by atoms with van der Waals surface area (Å²) < 4.78 is 28.6. The molecule has 1 atom stereocenters. The SMILES string of the molecule is CCNC(=NCC(C(C)C)N1CCOCC1)NCCc1ccc(S(C)(=O)=O)cc1.I. The molecule has 1 aliphatic rings. The molecule has 0 saturated carbocycles. The Bertz CT molecular complexity index is 748. The molecule has 0 radical (unpaired) electrons. The van der Waals surface area contributed by atoms with Crippen LogP contribution in [0.25, 0.3) is 0 Å². The largest absolute Gasteiger partial charge is 0.379 e. The van der Waals surface area contributed by atoms with E-state index in [9.17, 15) is 8.42 Å². The lowest BCUT2D eigenvalue weighted by molar-refractivity contribution is 0.00867. The molecule has 0 aliphatic carbocycles. The van der Waals surface area contributed by atoms with Crippen molar-refractivity contribution in [3.63, 3.8) is 0 Å². The summed E-state index contributed by atoms with van der Waals surface area (Å²) in [4.78, 5) is 7.65. The fraction of sp³-hybridized carbons (Fsp3) is 0.667. The molecule has 2 rings (SSSR count). The van der Waals surface area contributed by atoms with Gasteiger partial charge in [-0.15, -0.1) is 24.0 Å². The van der Waals surface area contributed by atoms with Crippen molar-refractivity contribution >= 4 is 39.8 Å². The molecule has 2 N–H and O–H groups in total. The van der Waals surface area contributed by atoms with Gasteiger partial charge in [0, 0.05) is 38.5 Å². The summed E-state index contributed by atoms with van der Waals surface area (Å²) in [6.07, 6.45) is 2.02. The molecule has 0 aromatic heterocycles. The van der Waals surface area contributed by atoms with Crippen LogP contribution in [-0.4, -0.2) is 77.5 Å². The minimum atomic E-state index is -3.15. The van der Waals surface area contributed by atoms with Crippen LogP contribution < -0.4 is 10.6 Å². The van der Waals surface area contributed by atoms with E-state index < -0.39 is 9.84 Å². The maximum atomic E-state index is 11.6. The summed E-state index contributed by atoms with van der Waals surface area (Å²) in [5.74, 6) is 1.34. The molecule has 1 aliphatic heterocycles. The predicted octanol–water partition coefficient (Wildman–Crippen LogP) is 2.16. The zero-order valence-electron chi connectivity index (χ0n) is 18.6. The van der Waals surface area contributed by atoms with Crippen LogP contribution in [-0.2, 0) is 21.0 Å². The Kier molecular flexibility index (Phi) is 12.2. The van der Waals surface area contributed by atoms with E-state index in [4.69, 9.17) is 9.73 Å². The molecule has 1 heterocycles. The number of hydrogen-bond donors (Lipinski definition) is 2. The van der Waals surface area contributed by atoms with Gasteiger partial charge in [-0.2, -0.15) is 0 Å². The van der Waals surface area contributed by atoms with E-state index in [2.05, 4.69) is 36.3 Å². The topological polar surface area (TPSA) is 83.0 Å². The lowest BCUT2D eigenvalue weighted by Crippen LogP contribution is -2.48. The van der Waals surface area contributed by atoms with Crippen molar-refractivity contribution in [3.8, 4) is 0 Å². The molecule has 7 nitrogen and oxygen atoms in total. The van der Waals surface area contributed by atoms with Crippen LogP contribution in [0, 0.1) is 5.92 Å². The molecule has 1 saturated heterocycles. The molecular formula is C21H37IN4O3S. The quantitative estimate of drug-likeness (QED) is 0.278. The van der Waals surface area contributed by atoms with E-state index in [0.29, 0.717) is 16.9 Å². The van der Waals surface area contributed by atoms with Gasteiger partial charge in [0.2, 0.25) is 0 Å². The minimum Gasteiger partial charge on any atom is -0.379 e. The average Bonchev–Trinajstić information content (AvgIpc) is 2.68. The predicted molar refractivity (Wildman–Crippen MR) is 134 cm³/mol. The van der Waals surface area contributed by atoms with Crippen molar-refractivity contribution in [2.45, 2.75) is 38.1 Å². The molecule has 1 aromatic carbocycles. The standard InChI is InChI=1S/C21H36N4O3S.HI/c1-5-22-21(24-16-20(17(2)3)25-12-14-28-15-13-25)23-11-10-18-6-8-19(9-7-18)29(4,26)27;/h6-9,17,20H,5,10-16H2,1-4H3,(H2,22,23,24);1H. The number of nitrogens with one attached hydrogen (secondary N) is 2. The second-order valence-electron chi connectivity index (χ2n) is 7.77. The Balaban J connectivity index is 0.00000450.